The maximum Gasteiger partial charge on any atom is 0.234 e. The Hall–Kier alpha value is -3.65. The molecule has 5 rings (SSSR count). The average Bonchev–Trinajstić information content (AvgIpc) is 3.37. The number of thioether (sulfide) groups is 1. The van der Waals surface area contributed by atoms with Gasteiger partial charge in [-0.15, -0.1) is 10.2 Å². The van der Waals surface area contributed by atoms with Gasteiger partial charge in [-0.2, -0.15) is 5.26 Å². The van der Waals surface area contributed by atoms with E-state index in [9.17, 15) is 14.9 Å². The molecule has 1 aliphatic heterocycles. The Bertz CT molecular complexity index is 1670. The molecule has 0 bridgehead atoms. The van der Waals surface area contributed by atoms with Crippen LogP contribution in [-0.4, -0.2) is 27.6 Å². The van der Waals surface area contributed by atoms with E-state index in [-0.39, 0.29) is 34.3 Å². The molecule has 0 fully saturated rings. The van der Waals surface area contributed by atoms with Gasteiger partial charge in [-0.05, 0) is 60.6 Å². The van der Waals surface area contributed by atoms with E-state index in [1.807, 2.05) is 52.0 Å². The molecule has 1 unspecified atom stereocenters. The molecule has 2 heterocycles. The van der Waals surface area contributed by atoms with E-state index in [4.69, 9.17) is 17.3 Å². The highest BCUT2D eigenvalue weighted by Crippen LogP contribution is 2.51. The molecule has 1 aliphatic carbocycles. The molecule has 210 valence electrons. The molecule has 1 aromatic heterocycles. The second kappa shape index (κ2) is 11.3. The summed E-state index contributed by atoms with van der Waals surface area (Å²) >= 11 is 8.83. The number of halogens is 1. The van der Waals surface area contributed by atoms with E-state index >= 15 is 0 Å². The third-order valence-electron chi connectivity index (χ3n) is 7.36. The van der Waals surface area contributed by atoms with Crippen molar-refractivity contribution in [3.05, 3.63) is 86.8 Å². The minimum atomic E-state index is -0.621. The average molecular weight is 605 g/mol. The number of aryl methyl sites for hydroxylation is 1. The first-order chi connectivity index (χ1) is 19.5. The van der Waals surface area contributed by atoms with Crippen molar-refractivity contribution in [3.63, 3.8) is 0 Å². The zero-order valence-electron chi connectivity index (χ0n) is 23.1. The fraction of sp³-hybridized carbons (Fsp3) is 0.300. The lowest BCUT2D eigenvalue weighted by molar-refractivity contribution is -0.118. The van der Waals surface area contributed by atoms with E-state index in [1.165, 1.54) is 23.1 Å². The van der Waals surface area contributed by atoms with Gasteiger partial charge in [0.25, 0.3) is 0 Å². The van der Waals surface area contributed by atoms with Gasteiger partial charge in [-0.25, -0.2) is 0 Å². The Morgan fingerprint density at radius 3 is 2.73 bits per heavy atom. The molecule has 41 heavy (non-hydrogen) atoms. The minimum Gasteiger partial charge on any atom is -0.384 e. The number of ketones is 1. The Balaban J connectivity index is 1.46. The third kappa shape index (κ3) is 5.75. The van der Waals surface area contributed by atoms with Gasteiger partial charge in [0.1, 0.15) is 5.82 Å². The van der Waals surface area contributed by atoms with Crippen molar-refractivity contribution in [3.8, 4) is 6.07 Å². The van der Waals surface area contributed by atoms with Crippen molar-refractivity contribution in [2.45, 2.75) is 50.8 Å². The van der Waals surface area contributed by atoms with Gasteiger partial charge >= 0.3 is 0 Å². The van der Waals surface area contributed by atoms with Crippen LogP contribution in [0.1, 0.15) is 49.3 Å². The summed E-state index contributed by atoms with van der Waals surface area (Å²) in [6, 6.07) is 15.2. The number of nitrogens with one attached hydrogen (secondary N) is 1. The van der Waals surface area contributed by atoms with Crippen molar-refractivity contribution < 1.29 is 9.59 Å². The molecule has 8 nitrogen and oxygen atoms in total. The van der Waals surface area contributed by atoms with Crippen LogP contribution in [0.2, 0.25) is 5.02 Å². The van der Waals surface area contributed by atoms with E-state index in [0.717, 1.165) is 22.4 Å². The number of nitrogens with zero attached hydrogens (tertiary/aromatic N) is 4. The van der Waals surface area contributed by atoms with Crippen LogP contribution in [0, 0.1) is 30.6 Å². The van der Waals surface area contributed by atoms with E-state index in [2.05, 4.69) is 21.6 Å². The Morgan fingerprint density at radius 2 is 2.00 bits per heavy atom. The molecule has 2 aromatic carbocycles. The van der Waals surface area contributed by atoms with Crippen LogP contribution in [-0.2, 0) is 9.59 Å². The number of rotatable bonds is 6. The van der Waals surface area contributed by atoms with Crippen LogP contribution in [0.4, 0.5) is 10.8 Å². The lowest BCUT2D eigenvalue weighted by Gasteiger charge is -2.42. The summed E-state index contributed by atoms with van der Waals surface area (Å²) in [6.07, 6.45) is 0.910. The summed E-state index contributed by atoms with van der Waals surface area (Å²) in [4.78, 5) is 28.0. The van der Waals surface area contributed by atoms with Crippen LogP contribution in [0.25, 0.3) is 0 Å². The Kier molecular flexibility index (Phi) is 7.97. The van der Waals surface area contributed by atoms with E-state index in [0.29, 0.717) is 38.6 Å². The predicted molar refractivity (Wildman–Crippen MR) is 164 cm³/mol. The summed E-state index contributed by atoms with van der Waals surface area (Å²) in [5, 5.41) is 22.8. The number of hydrogen-bond acceptors (Lipinski definition) is 9. The summed E-state index contributed by atoms with van der Waals surface area (Å²) in [7, 11) is 0. The maximum atomic E-state index is 13.7. The van der Waals surface area contributed by atoms with E-state index < -0.39 is 5.92 Å². The number of anilines is 2. The molecule has 0 saturated carbocycles. The quantitative estimate of drug-likeness (QED) is 0.306. The first-order valence-electron chi connectivity index (χ1n) is 13.0. The summed E-state index contributed by atoms with van der Waals surface area (Å²) in [5.41, 5.74) is 11.5. The molecule has 2 aliphatic rings. The van der Waals surface area contributed by atoms with Gasteiger partial charge in [-0.3, -0.25) is 14.5 Å². The highest BCUT2D eigenvalue weighted by Gasteiger charge is 2.45. The molecule has 3 aromatic rings. The third-order valence-corrected chi connectivity index (χ3v) is 9.63. The van der Waals surface area contributed by atoms with Crippen LogP contribution in [0.3, 0.4) is 0 Å². The minimum absolute atomic E-state index is 0.0336. The first kappa shape index (κ1) is 28.9. The molecule has 11 heteroatoms. The van der Waals surface area contributed by atoms with Crippen LogP contribution < -0.4 is 16.0 Å². The van der Waals surface area contributed by atoms with Gasteiger partial charge in [0.2, 0.25) is 11.0 Å². The van der Waals surface area contributed by atoms with E-state index in [1.54, 1.807) is 23.1 Å². The zero-order chi connectivity index (χ0) is 29.5. The summed E-state index contributed by atoms with van der Waals surface area (Å²) in [6.45, 7) is 8.05. The number of hydrogen-bond donors (Lipinski definition) is 2. The summed E-state index contributed by atoms with van der Waals surface area (Å²) < 4.78 is 0.572. The smallest absolute Gasteiger partial charge is 0.234 e. The number of amides is 1. The fourth-order valence-corrected chi connectivity index (χ4v) is 7.18. The van der Waals surface area contributed by atoms with Crippen LogP contribution in [0.5, 0.6) is 0 Å². The SMILES string of the molecule is Cc1cccc(NC(=O)CSc2nnc(N3C(N)=C(C#N)C(c4cccc(Cl)c4)C4=C3CC(C)(C)CC4=O)s2)c1C. The number of Topliss-reactive ketones (excluding diaryl/α,β-unsaturated/α-hetero) is 1. The number of nitriles is 1. The zero-order valence-corrected chi connectivity index (χ0v) is 25.5. The molecule has 0 saturated heterocycles. The standard InChI is InChI=1S/C30H29ClN6O2S2/c1-16-7-5-10-21(17(16)2)34-24(39)15-40-29-36-35-28(41-29)37-22-12-30(3,4)13-23(38)26(22)25(20(14-32)27(37)33)18-8-6-9-19(31)11-18/h5-11,25H,12-13,15,33H2,1-4H3,(H,34,39). The molecular weight excluding hydrogens is 576 g/mol. The van der Waals surface area contributed by atoms with Crippen molar-refractivity contribution in [1.82, 2.24) is 10.2 Å². The molecule has 1 atom stereocenters. The van der Waals surface area contributed by atoms with Gasteiger partial charge in [-0.1, -0.05) is 72.8 Å². The maximum absolute atomic E-state index is 13.7. The second-order valence-electron chi connectivity index (χ2n) is 11.0. The predicted octanol–water partition coefficient (Wildman–Crippen LogP) is 6.48. The van der Waals surface area contributed by atoms with Crippen molar-refractivity contribution in [1.29, 1.82) is 5.26 Å². The topological polar surface area (TPSA) is 125 Å². The van der Waals surface area contributed by atoms with Crippen molar-refractivity contribution >= 4 is 57.2 Å². The largest absolute Gasteiger partial charge is 0.384 e. The van der Waals surface area contributed by atoms with Gasteiger partial charge in [0, 0.05) is 28.4 Å². The van der Waals surface area contributed by atoms with Crippen molar-refractivity contribution in [2.24, 2.45) is 11.1 Å². The normalized spacial score (nSPS) is 18.3. The number of carbonyl (C=O) groups is 2. The fourth-order valence-electron chi connectivity index (χ4n) is 5.30. The van der Waals surface area contributed by atoms with Gasteiger partial charge < -0.3 is 11.1 Å². The number of nitrogens with two attached hydrogens (primary N) is 1. The molecule has 0 radical (unpaired) electrons. The Labute approximate surface area is 252 Å². The number of allylic oxidation sites excluding steroid dienone is 3. The lowest BCUT2D eigenvalue weighted by atomic mass is 9.69. The molecular formula is C30H29ClN6O2S2. The monoisotopic (exact) mass is 604 g/mol. The Morgan fingerprint density at radius 1 is 1.24 bits per heavy atom. The van der Waals surface area contributed by atoms with Crippen molar-refractivity contribution in [2.75, 3.05) is 16.0 Å². The first-order valence-corrected chi connectivity index (χ1v) is 15.2. The van der Waals surface area contributed by atoms with Crippen LogP contribution >= 0.6 is 34.7 Å². The highest BCUT2D eigenvalue weighted by molar-refractivity contribution is 8.01. The van der Waals surface area contributed by atoms with Crippen LogP contribution in [0.15, 0.2) is 69.5 Å². The summed E-state index contributed by atoms with van der Waals surface area (Å²) in [5.74, 6) is -0.453. The number of carbonyl (C=O) groups excluding carboxylic acids is 2. The molecule has 1 amide bonds. The number of aromatic nitrogens is 2. The van der Waals surface area contributed by atoms with Gasteiger partial charge in [0.05, 0.1) is 23.3 Å². The van der Waals surface area contributed by atoms with Gasteiger partial charge in [0.15, 0.2) is 10.1 Å². The lowest BCUT2D eigenvalue weighted by Crippen LogP contribution is -2.42. The second-order valence-corrected chi connectivity index (χ2v) is 13.6. The highest BCUT2D eigenvalue weighted by atomic mass is 35.5. The molecule has 3 N–H and O–H groups in total. The molecule has 0 spiro atoms. The number of benzene rings is 2.